The van der Waals surface area contributed by atoms with E-state index >= 15 is 0 Å². The van der Waals surface area contributed by atoms with Gasteiger partial charge in [-0.25, -0.2) is 4.79 Å². The summed E-state index contributed by atoms with van der Waals surface area (Å²) in [5, 5.41) is 9.53. The molecule has 0 aliphatic rings. The lowest BCUT2D eigenvalue weighted by molar-refractivity contribution is -0.133. The Morgan fingerprint density at radius 3 is 2.00 bits per heavy atom. The lowest BCUT2D eigenvalue weighted by atomic mass is 10.1. The fourth-order valence-corrected chi connectivity index (χ4v) is 1.90. The first-order valence-corrected chi connectivity index (χ1v) is 6.62. The zero-order valence-corrected chi connectivity index (χ0v) is 12.2. The third-order valence-corrected chi connectivity index (χ3v) is 3.12. The van der Waals surface area contributed by atoms with Gasteiger partial charge in [0.2, 0.25) is 5.88 Å². The van der Waals surface area contributed by atoms with Gasteiger partial charge in [-0.05, 0) is 35.4 Å². The topological polar surface area (TPSA) is 111 Å². The SMILES string of the molecule is NN/C(C(=O)O)=C(\N)Oc1ccc(-c2ccc(Cl)cc2)cc1. The van der Waals surface area contributed by atoms with Gasteiger partial charge in [-0.3, -0.25) is 5.84 Å². The molecule has 0 aliphatic heterocycles. The Bertz CT molecular complexity index is 697. The number of carbonyl (C=O) groups is 1. The first-order valence-electron chi connectivity index (χ1n) is 6.25. The van der Waals surface area contributed by atoms with Crippen molar-refractivity contribution in [2.75, 3.05) is 0 Å². The summed E-state index contributed by atoms with van der Waals surface area (Å²) < 4.78 is 5.25. The molecular weight excluding hydrogens is 306 g/mol. The van der Waals surface area contributed by atoms with E-state index in [-0.39, 0.29) is 5.88 Å². The number of hydrogen-bond acceptors (Lipinski definition) is 5. The highest BCUT2D eigenvalue weighted by molar-refractivity contribution is 6.30. The van der Waals surface area contributed by atoms with Crippen LogP contribution in [0.15, 0.2) is 60.1 Å². The average molecular weight is 320 g/mol. The second-order valence-electron chi connectivity index (χ2n) is 4.32. The number of nitrogens with one attached hydrogen (secondary N) is 1. The molecular formula is C15H14ClN3O3. The molecule has 0 fully saturated rings. The minimum atomic E-state index is -1.31. The number of aliphatic carboxylic acids is 1. The Morgan fingerprint density at radius 1 is 1.05 bits per heavy atom. The van der Waals surface area contributed by atoms with E-state index in [2.05, 4.69) is 0 Å². The number of benzene rings is 2. The van der Waals surface area contributed by atoms with Crippen LogP contribution in [-0.2, 0) is 4.79 Å². The van der Waals surface area contributed by atoms with Crippen molar-refractivity contribution >= 4 is 17.6 Å². The van der Waals surface area contributed by atoms with Crippen LogP contribution in [-0.4, -0.2) is 11.1 Å². The van der Waals surface area contributed by atoms with Crippen LogP contribution < -0.4 is 21.7 Å². The molecule has 7 heteroatoms. The monoisotopic (exact) mass is 319 g/mol. The molecule has 2 rings (SSSR count). The van der Waals surface area contributed by atoms with Crippen LogP contribution in [0.2, 0.25) is 5.02 Å². The second kappa shape index (κ2) is 6.84. The molecule has 0 saturated carbocycles. The summed E-state index contributed by atoms with van der Waals surface area (Å²) in [6.45, 7) is 0. The van der Waals surface area contributed by atoms with Crippen molar-refractivity contribution in [3.8, 4) is 16.9 Å². The summed E-state index contributed by atoms with van der Waals surface area (Å²) in [5.41, 5.74) is 9.07. The summed E-state index contributed by atoms with van der Waals surface area (Å²) in [7, 11) is 0. The summed E-state index contributed by atoms with van der Waals surface area (Å²) in [6.07, 6.45) is 0. The normalized spacial score (nSPS) is 11.5. The van der Waals surface area contributed by atoms with Gasteiger partial charge >= 0.3 is 5.97 Å². The number of ether oxygens (including phenoxy) is 1. The summed E-state index contributed by atoms with van der Waals surface area (Å²) in [6, 6.07) is 14.4. The Hall–Kier alpha value is -2.70. The van der Waals surface area contributed by atoms with Crippen LogP contribution >= 0.6 is 11.6 Å². The van der Waals surface area contributed by atoms with Crippen LogP contribution in [0.3, 0.4) is 0 Å². The molecule has 0 saturated heterocycles. The number of nitrogens with two attached hydrogens (primary N) is 2. The molecule has 6 nitrogen and oxygen atoms in total. The predicted molar refractivity (Wildman–Crippen MR) is 83.7 cm³/mol. The van der Waals surface area contributed by atoms with Gasteiger partial charge in [0.25, 0.3) is 0 Å². The van der Waals surface area contributed by atoms with Crippen LogP contribution in [0.5, 0.6) is 5.75 Å². The zero-order chi connectivity index (χ0) is 16.1. The Balaban J connectivity index is 2.19. The molecule has 2 aromatic carbocycles. The van der Waals surface area contributed by atoms with Crippen LogP contribution in [0.25, 0.3) is 11.1 Å². The molecule has 0 heterocycles. The van der Waals surface area contributed by atoms with E-state index < -0.39 is 11.7 Å². The van der Waals surface area contributed by atoms with E-state index in [1.807, 2.05) is 29.7 Å². The molecule has 0 unspecified atom stereocenters. The van der Waals surface area contributed by atoms with E-state index in [1.165, 1.54) is 0 Å². The molecule has 0 atom stereocenters. The molecule has 0 aromatic heterocycles. The molecule has 22 heavy (non-hydrogen) atoms. The van der Waals surface area contributed by atoms with E-state index in [4.69, 9.17) is 33.0 Å². The van der Waals surface area contributed by atoms with E-state index in [1.54, 1.807) is 24.3 Å². The number of hydrogen-bond donors (Lipinski definition) is 4. The molecule has 0 radical (unpaired) electrons. The first kappa shape index (κ1) is 15.7. The van der Waals surface area contributed by atoms with Crippen molar-refractivity contribution in [1.29, 1.82) is 0 Å². The Morgan fingerprint density at radius 2 is 1.55 bits per heavy atom. The smallest absolute Gasteiger partial charge is 0.358 e. The fourth-order valence-electron chi connectivity index (χ4n) is 1.77. The van der Waals surface area contributed by atoms with Crippen molar-refractivity contribution in [2.45, 2.75) is 0 Å². The largest absolute Gasteiger partial charge is 0.476 e. The van der Waals surface area contributed by atoms with Gasteiger partial charge in [-0.1, -0.05) is 35.9 Å². The Labute approximate surface area is 131 Å². The lowest BCUT2D eigenvalue weighted by Gasteiger charge is -2.10. The number of carboxylic acid groups (broad SMARTS) is 1. The molecule has 0 bridgehead atoms. The number of halogens is 1. The Kier molecular flexibility index (Phi) is 4.88. The van der Waals surface area contributed by atoms with E-state index in [0.717, 1.165) is 11.1 Å². The lowest BCUT2D eigenvalue weighted by Crippen LogP contribution is -2.31. The van der Waals surface area contributed by atoms with Crippen molar-refractivity contribution in [3.05, 3.63) is 65.1 Å². The van der Waals surface area contributed by atoms with E-state index in [0.29, 0.717) is 10.8 Å². The molecule has 6 N–H and O–H groups in total. The maximum Gasteiger partial charge on any atom is 0.358 e. The maximum atomic E-state index is 10.9. The third-order valence-electron chi connectivity index (χ3n) is 2.86. The minimum Gasteiger partial charge on any atom is -0.476 e. The number of rotatable bonds is 5. The van der Waals surface area contributed by atoms with Gasteiger partial charge in [0.15, 0.2) is 5.70 Å². The van der Waals surface area contributed by atoms with Gasteiger partial charge < -0.3 is 21.0 Å². The second-order valence-corrected chi connectivity index (χ2v) is 4.76. The van der Waals surface area contributed by atoms with Gasteiger partial charge in [-0.2, -0.15) is 0 Å². The molecule has 0 spiro atoms. The summed E-state index contributed by atoms with van der Waals surface area (Å²) in [5.74, 6) is 3.84. The maximum absolute atomic E-state index is 10.9. The number of hydrazine groups is 1. The zero-order valence-electron chi connectivity index (χ0n) is 11.4. The fraction of sp³-hybridized carbons (Fsp3) is 0. The molecule has 0 aliphatic carbocycles. The summed E-state index contributed by atoms with van der Waals surface area (Å²) >= 11 is 5.85. The third kappa shape index (κ3) is 3.69. The van der Waals surface area contributed by atoms with Crippen LogP contribution in [0.4, 0.5) is 0 Å². The highest BCUT2D eigenvalue weighted by atomic mass is 35.5. The molecule has 114 valence electrons. The average Bonchev–Trinajstić information content (AvgIpc) is 2.49. The van der Waals surface area contributed by atoms with Crippen LogP contribution in [0.1, 0.15) is 0 Å². The quantitative estimate of drug-likeness (QED) is 0.290. The highest BCUT2D eigenvalue weighted by Gasteiger charge is 2.12. The van der Waals surface area contributed by atoms with Crippen molar-refractivity contribution in [2.24, 2.45) is 11.6 Å². The predicted octanol–water partition coefficient (Wildman–Crippen LogP) is 2.06. The van der Waals surface area contributed by atoms with Gasteiger partial charge in [0.05, 0.1) is 0 Å². The van der Waals surface area contributed by atoms with E-state index in [9.17, 15) is 4.79 Å². The number of carboxylic acids is 1. The summed E-state index contributed by atoms with van der Waals surface area (Å²) in [4.78, 5) is 10.9. The van der Waals surface area contributed by atoms with Crippen LogP contribution in [0, 0.1) is 0 Å². The molecule has 0 amide bonds. The van der Waals surface area contributed by atoms with Gasteiger partial charge in [-0.15, -0.1) is 0 Å². The molecule has 2 aromatic rings. The first-order chi connectivity index (χ1) is 10.5. The van der Waals surface area contributed by atoms with Crippen molar-refractivity contribution < 1.29 is 14.6 Å². The van der Waals surface area contributed by atoms with Gasteiger partial charge in [0, 0.05) is 5.02 Å². The van der Waals surface area contributed by atoms with Crippen molar-refractivity contribution in [1.82, 2.24) is 5.43 Å². The standard InChI is InChI=1S/C15H14ClN3O3/c16-11-5-1-9(2-6-11)10-3-7-12(8-4-10)22-14(17)13(19-18)15(20)21/h1-8,19H,17-18H2,(H,20,21)/b14-13+. The highest BCUT2D eigenvalue weighted by Crippen LogP contribution is 2.24. The van der Waals surface area contributed by atoms with Gasteiger partial charge in [0.1, 0.15) is 5.75 Å². The van der Waals surface area contributed by atoms with Crippen molar-refractivity contribution in [3.63, 3.8) is 0 Å². The minimum absolute atomic E-state index is 0.325.